The molecule has 2 N–H and O–H groups in total. The summed E-state index contributed by atoms with van der Waals surface area (Å²) in [6.45, 7) is 4.23. The van der Waals surface area contributed by atoms with Crippen LogP contribution >= 0.6 is 39.7 Å². The van der Waals surface area contributed by atoms with Gasteiger partial charge in [-0.3, -0.25) is 0 Å². The van der Waals surface area contributed by atoms with Crippen LogP contribution in [0.25, 0.3) is 0 Å². The lowest BCUT2D eigenvalue weighted by molar-refractivity contribution is 0.472. The van der Waals surface area contributed by atoms with Crippen LogP contribution in [0.1, 0.15) is 30.9 Å². The average Bonchev–Trinajstić information content (AvgIpc) is 2.42. The Morgan fingerprint density at radius 3 is 2.48 bits per heavy atom. The van der Waals surface area contributed by atoms with Crippen LogP contribution in [0, 0.1) is 0 Å². The van der Waals surface area contributed by atoms with Crippen molar-refractivity contribution in [3.63, 3.8) is 0 Å². The van der Waals surface area contributed by atoms with E-state index in [9.17, 15) is 0 Å². The summed E-state index contributed by atoms with van der Waals surface area (Å²) < 4.78 is 7.04. The quantitative estimate of drug-likeness (QED) is 0.691. The maximum Gasteiger partial charge on any atom is 0.137 e. The second-order valence-electron chi connectivity index (χ2n) is 4.94. The van der Waals surface area contributed by atoms with Crippen molar-refractivity contribution in [2.24, 2.45) is 5.73 Å². The molecule has 0 saturated heterocycles. The summed E-state index contributed by atoms with van der Waals surface area (Å²) in [6.07, 6.45) is 0. The predicted molar refractivity (Wildman–Crippen MR) is 95.6 cm³/mol. The third-order valence-electron chi connectivity index (χ3n) is 3.02. The normalized spacial score (nSPS) is 10.7. The molecule has 2 aromatic rings. The Bertz CT molecular complexity index is 688. The number of rotatable bonds is 4. The van der Waals surface area contributed by atoms with Crippen molar-refractivity contribution in [2.45, 2.75) is 19.8 Å². The molecule has 2 aromatic carbocycles. The topological polar surface area (TPSA) is 35.2 Å². The molecule has 0 saturated carbocycles. The van der Waals surface area contributed by atoms with Crippen molar-refractivity contribution in [1.82, 2.24) is 0 Å². The van der Waals surface area contributed by atoms with Gasteiger partial charge >= 0.3 is 0 Å². The highest BCUT2D eigenvalue weighted by Crippen LogP contribution is 2.34. The molecule has 0 aliphatic rings. The number of benzene rings is 2. The van der Waals surface area contributed by atoms with Gasteiger partial charge in [-0.25, -0.2) is 0 Å². The predicted octanol–water partition coefficient (Wildman–Crippen LogP) is 5.65. The Labute approximate surface area is 143 Å². The lowest BCUT2D eigenvalue weighted by atomic mass is 10.0. The molecule has 0 unspecified atom stereocenters. The fourth-order valence-corrected chi connectivity index (χ4v) is 2.68. The molecule has 0 heterocycles. The Morgan fingerprint density at radius 2 is 1.86 bits per heavy atom. The standard InChI is InChI=1S/C16H15BrClNOS/c1-9(2)12-7-10(17)3-5-14(12)20-15-6-4-11(18)8-13(15)16(19)21/h3-9H,1-2H3,(H2,19,21). The van der Waals surface area contributed by atoms with E-state index in [1.165, 1.54) is 0 Å². The molecule has 5 heteroatoms. The van der Waals surface area contributed by atoms with Gasteiger partial charge in [0.25, 0.3) is 0 Å². The molecule has 0 amide bonds. The molecule has 2 nitrogen and oxygen atoms in total. The number of nitrogens with two attached hydrogens (primary N) is 1. The van der Waals surface area contributed by atoms with Crippen molar-refractivity contribution >= 4 is 44.7 Å². The van der Waals surface area contributed by atoms with Gasteiger partial charge in [-0.2, -0.15) is 0 Å². The fraction of sp³-hybridized carbons (Fsp3) is 0.188. The number of hydrogen-bond acceptors (Lipinski definition) is 2. The van der Waals surface area contributed by atoms with Gasteiger partial charge < -0.3 is 10.5 Å². The molecular formula is C16H15BrClNOS. The summed E-state index contributed by atoms with van der Waals surface area (Å²) in [6, 6.07) is 11.2. The first-order valence-corrected chi connectivity index (χ1v) is 8.03. The molecule has 2 rings (SSSR count). The third kappa shape index (κ3) is 3.96. The Morgan fingerprint density at radius 1 is 1.19 bits per heavy atom. The van der Waals surface area contributed by atoms with E-state index in [1.54, 1.807) is 18.2 Å². The number of halogens is 2. The first-order chi connectivity index (χ1) is 9.88. The van der Waals surface area contributed by atoms with Crippen molar-refractivity contribution in [3.05, 3.63) is 57.0 Å². The van der Waals surface area contributed by atoms with Crippen LogP contribution in [0.4, 0.5) is 0 Å². The van der Waals surface area contributed by atoms with Crippen LogP contribution in [0.3, 0.4) is 0 Å². The largest absolute Gasteiger partial charge is 0.456 e. The van der Waals surface area contributed by atoms with Gasteiger partial charge in [0.2, 0.25) is 0 Å². The summed E-state index contributed by atoms with van der Waals surface area (Å²) in [4.78, 5) is 0.260. The minimum atomic E-state index is 0.260. The Balaban J connectivity index is 2.46. The summed E-state index contributed by atoms with van der Waals surface area (Å²) in [7, 11) is 0. The molecule has 110 valence electrons. The number of ether oxygens (including phenoxy) is 1. The smallest absolute Gasteiger partial charge is 0.137 e. The maximum absolute atomic E-state index is 6.03. The van der Waals surface area contributed by atoms with Crippen LogP contribution in [0.5, 0.6) is 11.5 Å². The van der Waals surface area contributed by atoms with Crippen molar-refractivity contribution in [2.75, 3.05) is 0 Å². The van der Waals surface area contributed by atoms with Gasteiger partial charge in [0.15, 0.2) is 0 Å². The van der Waals surface area contributed by atoms with Crippen LogP contribution in [-0.4, -0.2) is 4.99 Å². The summed E-state index contributed by atoms with van der Waals surface area (Å²) >= 11 is 14.5. The molecule has 0 aliphatic heterocycles. The van der Waals surface area contributed by atoms with E-state index in [4.69, 9.17) is 34.3 Å². The van der Waals surface area contributed by atoms with Gasteiger partial charge in [0, 0.05) is 9.50 Å². The van der Waals surface area contributed by atoms with E-state index in [2.05, 4.69) is 35.8 Å². The highest BCUT2D eigenvalue weighted by Gasteiger charge is 2.13. The van der Waals surface area contributed by atoms with Crippen molar-refractivity contribution in [3.8, 4) is 11.5 Å². The second kappa shape index (κ2) is 6.77. The SMILES string of the molecule is CC(C)c1cc(Br)ccc1Oc1ccc(Cl)cc1C(N)=S. The van der Waals surface area contributed by atoms with E-state index < -0.39 is 0 Å². The van der Waals surface area contributed by atoms with Crippen LogP contribution in [0.2, 0.25) is 5.02 Å². The zero-order valence-corrected chi connectivity index (χ0v) is 14.8. The third-order valence-corrected chi connectivity index (χ3v) is 3.97. The number of hydrogen-bond donors (Lipinski definition) is 1. The monoisotopic (exact) mass is 383 g/mol. The van der Waals surface area contributed by atoms with E-state index >= 15 is 0 Å². The first-order valence-electron chi connectivity index (χ1n) is 6.45. The lowest BCUT2D eigenvalue weighted by Gasteiger charge is -2.16. The molecule has 0 fully saturated rings. The lowest BCUT2D eigenvalue weighted by Crippen LogP contribution is -2.11. The Kier molecular flexibility index (Phi) is 5.25. The van der Waals surface area contributed by atoms with Gasteiger partial charge in [-0.1, -0.05) is 53.6 Å². The van der Waals surface area contributed by atoms with E-state index in [-0.39, 0.29) is 4.99 Å². The van der Waals surface area contributed by atoms with E-state index in [1.807, 2.05) is 12.1 Å². The van der Waals surface area contributed by atoms with Gasteiger partial charge in [0.05, 0.1) is 5.56 Å². The first kappa shape index (κ1) is 16.3. The fourth-order valence-electron chi connectivity index (χ4n) is 1.97. The van der Waals surface area contributed by atoms with Crippen molar-refractivity contribution < 1.29 is 4.74 Å². The van der Waals surface area contributed by atoms with Crippen molar-refractivity contribution in [1.29, 1.82) is 0 Å². The summed E-state index contributed by atoms with van der Waals surface area (Å²) in [5.74, 6) is 1.72. The highest BCUT2D eigenvalue weighted by molar-refractivity contribution is 9.10. The highest BCUT2D eigenvalue weighted by atomic mass is 79.9. The van der Waals surface area contributed by atoms with Gasteiger partial charge in [-0.15, -0.1) is 0 Å². The second-order valence-corrected chi connectivity index (χ2v) is 6.74. The molecule has 0 radical (unpaired) electrons. The molecule has 0 spiro atoms. The summed E-state index contributed by atoms with van der Waals surface area (Å²) in [5.41, 5.74) is 7.48. The van der Waals surface area contributed by atoms with E-state index in [0.29, 0.717) is 22.3 Å². The molecule has 0 aliphatic carbocycles. The van der Waals surface area contributed by atoms with Gasteiger partial charge in [0.1, 0.15) is 16.5 Å². The average molecular weight is 385 g/mol. The zero-order valence-electron chi connectivity index (χ0n) is 11.7. The molecular weight excluding hydrogens is 370 g/mol. The molecule has 0 bridgehead atoms. The minimum Gasteiger partial charge on any atom is -0.456 e. The molecule has 0 aromatic heterocycles. The minimum absolute atomic E-state index is 0.260. The van der Waals surface area contributed by atoms with Crippen LogP contribution < -0.4 is 10.5 Å². The number of thiocarbonyl (C=S) groups is 1. The van der Waals surface area contributed by atoms with Crippen LogP contribution in [0.15, 0.2) is 40.9 Å². The molecule has 0 atom stereocenters. The zero-order chi connectivity index (χ0) is 15.6. The van der Waals surface area contributed by atoms with Gasteiger partial charge in [-0.05, 0) is 47.9 Å². The maximum atomic E-state index is 6.03. The van der Waals surface area contributed by atoms with Crippen LogP contribution in [-0.2, 0) is 0 Å². The Hall–Kier alpha value is -1.10. The van der Waals surface area contributed by atoms with E-state index in [0.717, 1.165) is 15.8 Å². The molecule has 21 heavy (non-hydrogen) atoms. The summed E-state index contributed by atoms with van der Waals surface area (Å²) in [5, 5.41) is 0.574.